The maximum atomic E-state index is 12.3. The van der Waals surface area contributed by atoms with E-state index in [1.54, 1.807) is 24.3 Å². The van der Waals surface area contributed by atoms with Crippen LogP contribution in [-0.4, -0.2) is 42.2 Å². The molecule has 0 bridgehead atoms. The molecule has 1 aromatic carbocycles. The summed E-state index contributed by atoms with van der Waals surface area (Å²) in [7, 11) is 1.85. The van der Waals surface area contributed by atoms with Gasteiger partial charge < -0.3 is 15.3 Å². The Labute approximate surface area is 131 Å². The van der Waals surface area contributed by atoms with E-state index in [4.69, 9.17) is 10.4 Å². The Kier molecular flexibility index (Phi) is 5.79. The molecule has 1 aliphatic carbocycles. The maximum Gasteiger partial charge on any atom is 0.241 e. The largest absolute Gasteiger partial charge is 0.396 e. The quantitative estimate of drug-likeness (QED) is 0.872. The van der Waals surface area contributed by atoms with Gasteiger partial charge in [0.15, 0.2) is 0 Å². The molecule has 0 atom stereocenters. The molecule has 22 heavy (non-hydrogen) atoms. The van der Waals surface area contributed by atoms with Gasteiger partial charge >= 0.3 is 0 Å². The first kappa shape index (κ1) is 16.3. The number of hydrogen-bond donors (Lipinski definition) is 2. The van der Waals surface area contributed by atoms with Gasteiger partial charge in [-0.3, -0.25) is 4.79 Å². The summed E-state index contributed by atoms with van der Waals surface area (Å²) < 4.78 is 0. The molecule has 1 saturated carbocycles. The minimum atomic E-state index is 0.0665. The summed E-state index contributed by atoms with van der Waals surface area (Å²) in [5.41, 5.74) is 1.44. The summed E-state index contributed by atoms with van der Waals surface area (Å²) in [6.07, 6.45) is 3.90. The van der Waals surface area contributed by atoms with Crippen LogP contribution in [0.3, 0.4) is 0 Å². The van der Waals surface area contributed by atoms with Crippen LogP contribution in [0.2, 0.25) is 0 Å². The Morgan fingerprint density at radius 3 is 2.50 bits per heavy atom. The third kappa shape index (κ3) is 4.22. The van der Waals surface area contributed by atoms with Crippen molar-refractivity contribution in [3.63, 3.8) is 0 Å². The molecule has 0 aliphatic heterocycles. The van der Waals surface area contributed by atoms with Gasteiger partial charge in [0.2, 0.25) is 5.91 Å². The zero-order valence-electron chi connectivity index (χ0n) is 13.0. The number of carbonyl (C=O) groups is 1. The van der Waals surface area contributed by atoms with Crippen molar-refractivity contribution in [3.8, 4) is 6.07 Å². The molecule has 0 saturated heterocycles. The highest BCUT2D eigenvalue weighted by molar-refractivity contribution is 5.81. The maximum absolute atomic E-state index is 12.3. The van der Waals surface area contributed by atoms with Crippen LogP contribution in [0.1, 0.15) is 31.2 Å². The number of nitrogens with one attached hydrogen (secondary N) is 1. The topological polar surface area (TPSA) is 76.4 Å². The van der Waals surface area contributed by atoms with Crippen LogP contribution in [-0.2, 0) is 4.79 Å². The van der Waals surface area contributed by atoms with Crippen LogP contribution in [0.25, 0.3) is 0 Å². The molecule has 118 valence electrons. The number of nitrogens with zero attached hydrogens (tertiary/aromatic N) is 2. The van der Waals surface area contributed by atoms with Crippen molar-refractivity contribution in [2.45, 2.75) is 31.7 Å². The highest BCUT2D eigenvalue weighted by Crippen LogP contribution is 2.26. The highest BCUT2D eigenvalue weighted by Gasteiger charge is 2.25. The lowest BCUT2D eigenvalue weighted by Gasteiger charge is -2.34. The zero-order valence-corrected chi connectivity index (χ0v) is 13.0. The molecule has 0 heterocycles. The molecule has 2 rings (SSSR count). The van der Waals surface area contributed by atoms with Crippen LogP contribution >= 0.6 is 0 Å². The second-order valence-corrected chi connectivity index (χ2v) is 5.90. The molecule has 0 spiro atoms. The van der Waals surface area contributed by atoms with Gasteiger partial charge in [0.1, 0.15) is 0 Å². The fourth-order valence-corrected chi connectivity index (χ4v) is 2.88. The first-order chi connectivity index (χ1) is 10.6. The Hall–Kier alpha value is -2.06. The number of carbonyl (C=O) groups excluding carboxylic acids is 1. The second kappa shape index (κ2) is 7.81. The number of aliphatic hydroxyl groups is 1. The minimum absolute atomic E-state index is 0.0665. The van der Waals surface area contributed by atoms with Crippen LogP contribution < -0.4 is 5.32 Å². The van der Waals surface area contributed by atoms with Gasteiger partial charge in [-0.05, 0) is 55.9 Å². The van der Waals surface area contributed by atoms with E-state index in [-0.39, 0.29) is 25.1 Å². The molecule has 1 amide bonds. The molecular formula is C17H23N3O2. The molecule has 1 fully saturated rings. The summed E-state index contributed by atoms with van der Waals surface area (Å²) >= 11 is 0. The number of benzene rings is 1. The smallest absolute Gasteiger partial charge is 0.241 e. The van der Waals surface area contributed by atoms with Crippen molar-refractivity contribution >= 4 is 11.6 Å². The van der Waals surface area contributed by atoms with E-state index in [1.165, 1.54) is 0 Å². The Morgan fingerprint density at radius 1 is 1.32 bits per heavy atom. The van der Waals surface area contributed by atoms with Gasteiger partial charge in [-0.2, -0.15) is 5.26 Å². The van der Waals surface area contributed by atoms with E-state index in [0.717, 1.165) is 31.4 Å². The number of aliphatic hydroxyl groups excluding tert-OH is 1. The molecule has 0 aromatic heterocycles. The monoisotopic (exact) mass is 301 g/mol. The standard InChI is InChI=1S/C17H23N3O2/c1-20(16-8-4-14(12-21)5-9-16)17(22)11-19-15-6-2-13(10-18)3-7-15/h2-3,6-7,14,16,19,21H,4-5,8-9,11-12H2,1H3. The van der Waals surface area contributed by atoms with E-state index in [2.05, 4.69) is 11.4 Å². The fourth-order valence-electron chi connectivity index (χ4n) is 2.88. The summed E-state index contributed by atoms with van der Waals surface area (Å²) in [5, 5.41) is 21.0. The normalized spacial score (nSPS) is 21.0. The lowest BCUT2D eigenvalue weighted by Crippen LogP contribution is -2.42. The summed E-state index contributed by atoms with van der Waals surface area (Å²) in [6, 6.07) is 9.41. The molecular weight excluding hydrogens is 278 g/mol. The number of hydrogen-bond acceptors (Lipinski definition) is 4. The summed E-state index contributed by atoms with van der Waals surface area (Å²) in [4.78, 5) is 14.1. The van der Waals surface area contributed by atoms with Gasteiger partial charge in [-0.15, -0.1) is 0 Å². The zero-order chi connectivity index (χ0) is 15.9. The van der Waals surface area contributed by atoms with E-state index >= 15 is 0 Å². The van der Waals surface area contributed by atoms with Gasteiger partial charge in [0.25, 0.3) is 0 Å². The lowest BCUT2D eigenvalue weighted by atomic mass is 9.86. The van der Waals surface area contributed by atoms with E-state index < -0.39 is 0 Å². The van der Waals surface area contributed by atoms with Gasteiger partial charge in [0, 0.05) is 25.4 Å². The van der Waals surface area contributed by atoms with Gasteiger partial charge in [0.05, 0.1) is 18.2 Å². The van der Waals surface area contributed by atoms with Crippen LogP contribution in [0, 0.1) is 17.2 Å². The van der Waals surface area contributed by atoms with Crippen LogP contribution in [0.4, 0.5) is 5.69 Å². The molecule has 0 unspecified atom stereocenters. The molecule has 5 nitrogen and oxygen atoms in total. The molecule has 0 radical (unpaired) electrons. The van der Waals surface area contributed by atoms with Crippen LogP contribution in [0.15, 0.2) is 24.3 Å². The van der Waals surface area contributed by atoms with Crippen molar-refractivity contribution < 1.29 is 9.90 Å². The number of nitriles is 1. The van der Waals surface area contributed by atoms with Crippen LogP contribution in [0.5, 0.6) is 0 Å². The first-order valence-corrected chi connectivity index (χ1v) is 7.74. The van der Waals surface area contributed by atoms with Crippen molar-refractivity contribution in [3.05, 3.63) is 29.8 Å². The number of likely N-dealkylation sites (N-methyl/N-ethyl adjacent to an activating group) is 1. The summed E-state index contributed by atoms with van der Waals surface area (Å²) in [5.74, 6) is 0.466. The third-order valence-corrected chi connectivity index (χ3v) is 4.47. The Bertz CT molecular complexity index is 528. The number of amides is 1. The Balaban J connectivity index is 1.80. The molecule has 2 N–H and O–H groups in total. The highest BCUT2D eigenvalue weighted by atomic mass is 16.3. The second-order valence-electron chi connectivity index (χ2n) is 5.90. The number of rotatable bonds is 5. The summed E-state index contributed by atoms with van der Waals surface area (Å²) in [6.45, 7) is 0.507. The number of anilines is 1. The SMILES string of the molecule is CN(C(=O)CNc1ccc(C#N)cc1)C1CCC(CO)CC1. The average molecular weight is 301 g/mol. The van der Waals surface area contributed by atoms with Gasteiger partial charge in [-0.1, -0.05) is 0 Å². The Morgan fingerprint density at radius 2 is 1.95 bits per heavy atom. The first-order valence-electron chi connectivity index (χ1n) is 7.74. The van der Waals surface area contributed by atoms with Crippen molar-refractivity contribution in [1.82, 2.24) is 4.90 Å². The molecule has 5 heteroatoms. The average Bonchev–Trinajstić information content (AvgIpc) is 2.59. The van der Waals surface area contributed by atoms with Gasteiger partial charge in [-0.25, -0.2) is 0 Å². The fraction of sp³-hybridized carbons (Fsp3) is 0.529. The molecule has 1 aromatic rings. The van der Waals surface area contributed by atoms with Crippen molar-refractivity contribution in [2.24, 2.45) is 5.92 Å². The van der Waals surface area contributed by atoms with E-state index in [0.29, 0.717) is 11.5 Å². The van der Waals surface area contributed by atoms with Crippen molar-refractivity contribution in [1.29, 1.82) is 5.26 Å². The third-order valence-electron chi connectivity index (χ3n) is 4.47. The molecule has 1 aliphatic rings. The van der Waals surface area contributed by atoms with E-state index in [9.17, 15) is 4.79 Å². The lowest BCUT2D eigenvalue weighted by molar-refractivity contribution is -0.130. The predicted molar refractivity (Wildman–Crippen MR) is 85.2 cm³/mol. The predicted octanol–water partition coefficient (Wildman–Crippen LogP) is 1.98. The van der Waals surface area contributed by atoms with E-state index in [1.807, 2.05) is 11.9 Å². The minimum Gasteiger partial charge on any atom is -0.396 e. The van der Waals surface area contributed by atoms with Crippen molar-refractivity contribution in [2.75, 3.05) is 25.5 Å².